The summed E-state index contributed by atoms with van der Waals surface area (Å²) in [5, 5.41) is 2.17. The van der Waals surface area contributed by atoms with Crippen LogP contribution in [0.3, 0.4) is 0 Å². The molecular weight excluding hydrogens is 304 g/mol. The Bertz CT molecular complexity index is 629. The largest absolute Gasteiger partial charge is 0.441 e. The third-order valence-electron chi connectivity index (χ3n) is 3.25. The molecule has 2 aromatic rings. The van der Waals surface area contributed by atoms with Crippen LogP contribution < -0.4 is 11.1 Å². The SMILES string of the molecule is NCC(F)(F)CNC(=O)CCCc1ncc(-c2ccccc2)o1. The molecule has 3 N–H and O–H groups in total. The van der Waals surface area contributed by atoms with Gasteiger partial charge in [0.2, 0.25) is 5.91 Å². The Balaban J connectivity index is 1.75. The smallest absolute Gasteiger partial charge is 0.277 e. The number of benzene rings is 1. The molecule has 1 heterocycles. The van der Waals surface area contributed by atoms with Gasteiger partial charge in [-0.3, -0.25) is 4.79 Å². The molecular formula is C16H19F2N3O2. The summed E-state index contributed by atoms with van der Waals surface area (Å²) in [6, 6.07) is 9.54. The second kappa shape index (κ2) is 7.82. The van der Waals surface area contributed by atoms with Crippen LogP contribution in [0.5, 0.6) is 0 Å². The Morgan fingerprint density at radius 3 is 2.74 bits per heavy atom. The van der Waals surface area contributed by atoms with E-state index in [-0.39, 0.29) is 6.42 Å². The minimum atomic E-state index is -3.07. The zero-order chi connectivity index (χ0) is 16.7. The van der Waals surface area contributed by atoms with Crippen LogP contribution in [0.4, 0.5) is 8.78 Å². The lowest BCUT2D eigenvalue weighted by atomic mass is 10.2. The summed E-state index contributed by atoms with van der Waals surface area (Å²) in [7, 11) is 0. The van der Waals surface area contributed by atoms with E-state index in [1.807, 2.05) is 30.3 Å². The highest BCUT2D eigenvalue weighted by atomic mass is 19.3. The van der Waals surface area contributed by atoms with Crippen LogP contribution in [-0.2, 0) is 11.2 Å². The third-order valence-corrected chi connectivity index (χ3v) is 3.25. The molecule has 0 radical (unpaired) electrons. The minimum absolute atomic E-state index is 0.129. The third kappa shape index (κ3) is 5.45. The normalized spacial score (nSPS) is 11.4. The summed E-state index contributed by atoms with van der Waals surface area (Å²) >= 11 is 0. The predicted octanol–water partition coefficient (Wildman–Crippen LogP) is 2.37. The molecule has 124 valence electrons. The van der Waals surface area contributed by atoms with Crippen molar-refractivity contribution in [2.24, 2.45) is 5.73 Å². The van der Waals surface area contributed by atoms with Crippen LogP contribution in [0.2, 0.25) is 0 Å². The molecule has 5 nitrogen and oxygen atoms in total. The van der Waals surface area contributed by atoms with Crippen molar-refractivity contribution >= 4 is 5.91 Å². The zero-order valence-electron chi connectivity index (χ0n) is 12.6. The fourth-order valence-electron chi connectivity index (χ4n) is 1.95. The van der Waals surface area contributed by atoms with Crippen molar-refractivity contribution in [1.82, 2.24) is 10.3 Å². The molecule has 0 aliphatic rings. The second-order valence-electron chi connectivity index (χ2n) is 5.17. The quantitative estimate of drug-likeness (QED) is 0.781. The van der Waals surface area contributed by atoms with Gasteiger partial charge in [0.05, 0.1) is 19.3 Å². The lowest BCUT2D eigenvalue weighted by molar-refractivity contribution is -0.123. The van der Waals surface area contributed by atoms with Crippen molar-refractivity contribution in [2.75, 3.05) is 13.1 Å². The van der Waals surface area contributed by atoms with E-state index in [0.717, 1.165) is 5.56 Å². The standard InChI is InChI=1S/C16H19F2N3O2/c17-16(18,10-19)11-21-14(22)7-4-8-15-20-9-13(23-15)12-5-2-1-3-6-12/h1-3,5-6,9H,4,7-8,10-11,19H2,(H,21,22). The second-order valence-corrected chi connectivity index (χ2v) is 5.17. The van der Waals surface area contributed by atoms with Crippen molar-refractivity contribution in [3.05, 3.63) is 42.4 Å². The average molecular weight is 323 g/mol. The molecule has 23 heavy (non-hydrogen) atoms. The average Bonchev–Trinajstić information content (AvgIpc) is 3.03. The molecule has 0 saturated carbocycles. The Morgan fingerprint density at radius 2 is 2.04 bits per heavy atom. The highest BCUT2D eigenvalue weighted by Crippen LogP contribution is 2.20. The van der Waals surface area contributed by atoms with Crippen molar-refractivity contribution < 1.29 is 18.0 Å². The van der Waals surface area contributed by atoms with Crippen molar-refractivity contribution in [3.8, 4) is 11.3 Å². The minimum Gasteiger partial charge on any atom is -0.441 e. The Kier molecular flexibility index (Phi) is 5.81. The van der Waals surface area contributed by atoms with E-state index in [2.05, 4.69) is 10.3 Å². The monoisotopic (exact) mass is 323 g/mol. The van der Waals surface area contributed by atoms with Gasteiger partial charge in [0.1, 0.15) is 0 Å². The molecule has 1 aromatic heterocycles. The summed E-state index contributed by atoms with van der Waals surface area (Å²) in [6.45, 7) is -1.52. The summed E-state index contributed by atoms with van der Waals surface area (Å²) in [5.41, 5.74) is 5.82. The highest BCUT2D eigenvalue weighted by Gasteiger charge is 2.26. The van der Waals surface area contributed by atoms with Crippen LogP contribution in [0.1, 0.15) is 18.7 Å². The number of nitrogens with two attached hydrogens (primary N) is 1. The molecule has 0 saturated heterocycles. The van der Waals surface area contributed by atoms with E-state index in [0.29, 0.717) is 24.5 Å². The molecule has 2 rings (SSSR count). The molecule has 0 bridgehead atoms. The van der Waals surface area contributed by atoms with E-state index in [1.54, 1.807) is 6.20 Å². The number of alkyl halides is 2. The van der Waals surface area contributed by atoms with Gasteiger partial charge >= 0.3 is 0 Å². The van der Waals surface area contributed by atoms with Gasteiger partial charge < -0.3 is 15.5 Å². The lowest BCUT2D eigenvalue weighted by Gasteiger charge is -2.14. The first kappa shape index (κ1) is 17.1. The van der Waals surface area contributed by atoms with Crippen molar-refractivity contribution in [3.63, 3.8) is 0 Å². The number of aryl methyl sites for hydroxylation is 1. The van der Waals surface area contributed by atoms with E-state index in [1.165, 1.54) is 0 Å². The van der Waals surface area contributed by atoms with Gasteiger partial charge in [-0.1, -0.05) is 30.3 Å². The molecule has 0 aliphatic heterocycles. The van der Waals surface area contributed by atoms with E-state index < -0.39 is 24.9 Å². The van der Waals surface area contributed by atoms with Gasteiger partial charge in [-0.25, -0.2) is 13.8 Å². The Hall–Kier alpha value is -2.28. The topological polar surface area (TPSA) is 81.1 Å². The predicted molar refractivity (Wildman–Crippen MR) is 81.9 cm³/mol. The fraction of sp³-hybridized carbons (Fsp3) is 0.375. The maximum Gasteiger partial charge on any atom is 0.277 e. The number of nitrogens with zero attached hydrogens (tertiary/aromatic N) is 1. The number of halogens is 2. The van der Waals surface area contributed by atoms with E-state index >= 15 is 0 Å². The van der Waals surface area contributed by atoms with Crippen LogP contribution in [0, 0.1) is 0 Å². The molecule has 1 amide bonds. The number of amides is 1. The first-order chi connectivity index (χ1) is 11.0. The number of oxazole rings is 1. The molecule has 1 aromatic carbocycles. The molecule has 0 fully saturated rings. The first-order valence-corrected chi connectivity index (χ1v) is 7.35. The number of aromatic nitrogens is 1. The first-order valence-electron chi connectivity index (χ1n) is 7.35. The number of nitrogens with one attached hydrogen (secondary N) is 1. The maximum atomic E-state index is 12.9. The summed E-state index contributed by atoms with van der Waals surface area (Å²) < 4.78 is 31.4. The van der Waals surface area contributed by atoms with Crippen LogP contribution >= 0.6 is 0 Å². The van der Waals surface area contributed by atoms with Crippen LogP contribution in [0.15, 0.2) is 40.9 Å². The summed E-state index contributed by atoms with van der Waals surface area (Å²) in [4.78, 5) is 15.6. The van der Waals surface area contributed by atoms with E-state index in [9.17, 15) is 13.6 Å². The van der Waals surface area contributed by atoms with E-state index in [4.69, 9.17) is 10.2 Å². The fourth-order valence-corrected chi connectivity index (χ4v) is 1.95. The molecule has 0 atom stereocenters. The van der Waals surface area contributed by atoms with Gasteiger partial charge in [-0.2, -0.15) is 0 Å². The molecule has 0 spiro atoms. The van der Waals surface area contributed by atoms with Crippen LogP contribution in [-0.4, -0.2) is 29.9 Å². The highest BCUT2D eigenvalue weighted by molar-refractivity contribution is 5.75. The Labute approximate surface area is 132 Å². The van der Waals surface area contributed by atoms with Crippen LogP contribution in [0.25, 0.3) is 11.3 Å². The van der Waals surface area contributed by atoms with Gasteiger partial charge in [0.25, 0.3) is 5.92 Å². The number of carbonyl (C=O) groups excluding carboxylic acids is 1. The molecule has 0 unspecified atom stereocenters. The number of rotatable bonds is 8. The number of hydrogen-bond acceptors (Lipinski definition) is 4. The van der Waals surface area contributed by atoms with Crippen molar-refractivity contribution in [2.45, 2.75) is 25.2 Å². The lowest BCUT2D eigenvalue weighted by Crippen LogP contribution is -2.41. The molecule has 0 aliphatic carbocycles. The van der Waals surface area contributed by atoms with Gasteiger partial charge in [-0.15, -0.1) is 0 Å². The molecule has 7 heteroatoms. The van der Waals surface area contributed by atoms with Gasteiger partial charge in [0.15, 0.2) is 11.7 Å². The maximum absolute atomic E-state index is 12.9. The zero-order valence-corrected chi connectivity index (χ0v) is 12.6. The summed E-state index contributed by atoms with van der Waals surface area (Å²) in [5.74, 6) is -2.33. The Morgan fingerprint density at radius 1 is 1.30 bits per heavy atom. The number of carbonyl (C=O) groups is 1. The van der Waals surface area contributed by atoms with Gasteiger partial charge in [0, 0.05) is 18.4 Å². The number of hydrogen-bond donors (Lipinski definition) is 2. The van der Waals surface area contributed by atoms with Gasteiger partial charge in [-0.05, 0) is 6.42 Å². The summed E-state index contributed by atoms with van der Waals surface area (Å²) in [6.07, 6.45) is 2.69. The van der Waals surface area contributed by atoms with Crippen molar-refractivity contribution in [1.29, 1.82) is 0 Å².